The molecule has 2 amide bonds. The molecule has 0 spiro atoms. The lowest BCUT2D eigenvalue weighted by atomic mass is 10.1. The Morgan fingerprint density at radius 3 is 2.36 bits per heavy atom. The first-order chi connectivity index (χ1) is 15.8. The van der Waals surface area contributed by atoms with Gasteiger partial charge in [0.2, 0.25) is 0 Å². The van der Waals surface area contributed by atoms with Crippen molar-refractivity contribution in [3.63, 3.8) is 0 Å². The van der Waals surface area contributed by atoms with Crippen LogP contribution in [0.2, 0.25) is 0 Å². The maximum atomic E-state index is 12.8. The second-order valence-electron chi connectivity index (χ2n) is 9.26. The van der Waals surface area contributed by atoms with Gasteiger partial charge in [-0.15, -0.1) is 0 Å². The summed E-state index contributed by atoms with van der Waals surface area (Å²) in [6.45, 7) is 6.85. The summed E-state index contributed by atoms with van der Waals surface area (Å²) in [7, 11) is 0. The fourth-order valence-electron chi connectivity index (χ4n) is 3.81. The molecule has 2 unspecified atom stereocenters. The number of ether oxygens (including phenoxy) is 2. The van der Waals surface area contributed by atoms with Crippen molar-refractivity contribution in [2.24, 2.45) is 0 Å². The number of hydrogen-bond donors (Lipinski definition) is 2. The summed E-state index contributed by atoms with van der Waals surface area (Å²) in [6, 6.07) is 19.1. The number of benzene rings is 2. The van der Waals surface area contributed by atoms with E-state index < -0.39 is 11.7 Å². The molecule has 2 aromatic carbocycles. The van der Waals surface area contributed by atoms with Crippen molar-refractivity contribution in [3.05, 3.63) is 71.8 Å². The van der Waals surface area contributed by atoms with Crippen LogP contribution in [0, 0.1) is 0 Å². The van der Waals surface area contributed by atoms with Crippen molar-refractivity contribution in [2.45, 2.75) is 64.4 Å². The molecule has 3 rings (SSSR count). The molecule has 1 aliphatic rings. The second kappa shape index (κ2) is 11.7. The van der Waals surface area contributed by atoms with Crippen molar-refractivity contribution in [2.75, 3.05) is 13.1 Å². The van der Waals surface area contributed by atoms with E-state index in [1.165, 1.54) is 0 Å². The molecule has 0 aliphatic carbocycles. The van der Waals surface area contributed by atoms with Gasteiger partial charge in [-0.05, 0) is 51.2 Å². The first kappa shape index (κ1) is 24.6. The van der Waals surface area contributed by atoms with Gasteiger partial charge in [0.25, 0.3) is 0 Å². The molecular weight excluding hydrogens is 418 g/mol. The molecule has 0 bridgehead atoms. The SMILES string of the molecule is CC(C)(C)OC(=O)NC(CNC1CCCCN1C(=O)OCc1ccccc1)c1ccccc1. The van der Waals surface area contributed by atoms with Crippen molar-refractivity contribution >= 4 is 12.2 Å². The fraction of sp³-hybridized carbons (Fsp3) is 0.462. The van der Waals surface area contributed by atoms with Crippen molar-refractivity contribution in [3.8, 4) is 0 Å². The summed E-state index contributed by atoms with van der Waals surface area (Å²) in [5, 5.41) is 6.43. The lowest BCUT2D eigenvalue weighted by Gasteiger charge is -2.36. The highest BCUT2D eigenvalue weighted by molar-refractivity contribution is 5.69. The van der Waals surface area contributed by atoms with Crippen LogP contribution in [0.4, 0.5) is 9.59 Å². The molecular formula is C26H35N3O4. The van der Waals surface area contributed by atoms with Gasteiger partial charge in [-0.1, -0.05) is 60.7 Å². The minimum atomic E-state index is -0.582. The predicted molar refractivity (Wildman–Crippen MR) is 128 cm³/mol. The summed E-state index contributed by atoms with van der Waals surface area (Å²) in [6.07, 6.45) is 1.84. The maximum Gasteiger partial charge on any atom is 0.411 e. The van der Waals surface area contributed by atoms with Gasteiger partial charge in [0.15, 0.2) is 0 Å². The Morgan fingerprint density at radius 1 is 1.03 bits per heavy atom. The Bertz CT molecular complexity index is 883. The van der Waals surface area contributed by atoms with E-state index in [2.05, 4.69) is 10.6 Å². The Balaban J connectivity index is 1.62. The minimum Gasteiger partial charge on any atom is -0.445 e. The largest absolute Gasteiger partial charge is 0.445 e. The fourth-order valence-corrected chi connectivity index (χ4v) is 3.81. The third kappa shape index (κ3) is 8.09. The van der Waals surface area contributed by atoms with Gasteiger partial charge in [-0.2, -0.15) is 0 Å². The normalized spacial score (nSPS) is 17.2. The topological polar surface area (TPSA) is 79.9 Å². The van der Waals surface area contributed by atoms with E-state index in [0.717, 1.165) is 30.4 Å². The summed E-state index contributed by atoms with van der Waals surface area (Å²) in [5.74, 6) is 0. The van der Waals surface area contributed by atoms with Crippen LogP contribution in [-0.2, 0) is 16.1 Å². The van der Waals surface area contributed by atoms with Gasteiger partial charge in [0.05, 0.1) is 12.2 Å². The average Bonchev–Trinajstić information content (AvgIpc) is 2.80. The Morgan fingerprint density at radius 2 is 1.70 bits per heavy atom. The first-order valence-electron chi connectivity index (χ1n) is 11.6. The molecule has 7 nitrogen and oxygen atoms in total. The van der Waals surface area contributed by atoms with Crippen LogP contribution in [0.15, 0.2) is 60.7 Å². The molecule has 33 heavy (non-hydrogen) atoms. The summed E-state index contributed by atoms with van der Waals surface area (Å²) >= 11 is 0. The van der Waals surface area contributed by atoms with Crippen LogP contribution in [-0.4, -0.2) is 41.9 Å². The van der Waals surface area contributed by atoms with Gasteiger partial charge in [0, 0.05) is 13.1 Å². The molecule has 1 aliphatic heterocycles. The molecule has 1 heterocycles. The highest BCUT2D eigenvalue weighted by Gasteiger charge is 2.29. The molecule has 2 atom stereocenters. The third-order valence-electron chi connectivity index (χ3n) is 5.39. The monoisotopic (exact) mass is 453 g/mol. The predicted octanol–water partition coefficient (Wildman–Crippen LogP) is 4.99. The van der Waals surface area contributed by atoms with E-state index in [4.69, 9.17) is 9.47 Å². The molecule has 7 heteroatoms. The molecule has 0 radical (unpaired) electrons. The highest BCUT2D eigenvalue weighted by atomic mass is 16.6. The van der Waals surface area contributed by atoms with Gasteiger partial charge < -0.3 is 14.8 Å². The quantitative estimate of drug-likeness (QED) is 0.617. The summed E-state index contributed by atoms with van der Waals surface area (Å²) in [4.78, 5) is 27.0. The average molecular weight is 454 g/mol. The molecule has 1 fully saturated rings. The van der Waals surface area contributed by atoms with Crippen LogP contribution < -0.4 is 10.6 Å². The smallest absolute Gasteiger partial charge is 0.411 e. The van der Waals surface area contributed by atoms with Crippen LogP contribution in [0.25, 0.3) is 0 Å². The van der Waals surface area contributed by atoms with E-state index >= 15 is 0 Å². The van der Waals surface area contributed by atoms with Gasteiger partial charge in [-0.25, -0.2) is 9.59 Å². The van der Waals surface area contributed by atoms with Crippen molar-refractivity contribution in [1.29, 1.82) is 0 Å². The van der Waals surface area contributed by atoms with Crippen molar-refractivity contribution < 1.29 is 19.1 Å². The zero-order valence-corrected chi connectivity index (χ0v) is 19.8. The maximum absolute atomic E-state index is 12.8. The first-order valence-corrected chi connectivity index (χ1v) is 11.6. The molecule has 178 valence electrons. The summed E-state index contributed by atoms with van der Waals surface area (Å²) in [5.41, 5.74) is 1.34. The number of piperidine rings is 1. The molecule has 1 saturated heterocycles. The lowest BCUT2D eigenvalue weighted by molar-refractivity contribution is 0.0475. The molecule has 0 aromatic heterocycles. The Labute approximate surface area is 196 Å². The summed E-state index contributed by atoms with van der Waals surface area (Å²) < 4.78 is 11.0. The molecule has 0 saturated carbocycles. The van der Waals surface area contributed by atoms with E-state index in [1.807, 2.05) is 81.4 Å². The van der Waals surface area contributed by atoms with Crippen LogP contribution in [0.1, 0.15) is 57.2 Å². The molecule has 2 N–H and O–H groups in total. The minimum absolute atomic E-state index is 0.159. The van der Waals surface area contributed by atoms with E-state index in [1.54, 1.807) is 4.90 Å². The third-order valence-corrected chi connectivity index (χ3v) is 5.39. The van der Waals surface area contributed by atoms with Crippen LogP contribution in [0.3, 0.4) is 0 Å². The standard InChI is InChI=1S/C26H35N3O4/c1-26(2,3)33-24(30)28-22(21-14-8-5-9-15-21)18-27-23-16-10-11-17-29(23)25(31)32-19-20-12-6-4-7-13-20/h4-9,12-15,22-23,27H,10-11,16-19H2,1-3H3,(H,28,30). The van der Waals surface area contributed by atoms with Gasteiger partial charge >= 0.3 is 12.2 Å². The number of carbonyl (C=O) groups is 2. The van der Waals surface area contributed by atoms with E-state index in [9.17, 15) is 9.59 Å². The number of alkyl carbamates (subject to hydrolysis) is 1. The molecule has 2 aromatic rings. The second-order valence-corrected chi connectivity index (χ2v) is 9.26. The number of likely N-dealkylation sites (tertiary alicyclic amines) is 1. The Kier molecular flexibility index (Phi) is 8.72. The Hall–Kier alpha value is -3.06. The number of hydrogen-bond acceptors (Lipinski definition) is 5. The number of carbonyl (C=O) groups excluding carboxylic acids is 2. The highest BCUT2D eigenvalue weighted by Crippen LogP contribution is 2.19. The number of amides is 2. The van der Waals surface area contributed by atoms with Crippen LogP contribution in [0.5, 0.6) is 0 Å². The van der Waals surface area contributed by atoms with E-state index in [-0.39, 0.29) is 24.9 Å². The number of nitrogens with one attached hydrogen (secondary N) is 2. The van der Waals surface area contributed by atoms with Gasteiger partial charge in [0.1, 0.15) is 12.2 Å². The number of rotatable bonds is 7. The zero-order chi connectivity index (χ0) is 23.7. The van der Waals surface area contributed by atoms with Gasteiger partial charge in [-0.3, -0.25) is 10.2 Å². The number of nitrogens with zero attached hydrogens (tertiary/aromatic N) is 1. The lowest BCUT2D eigenvalue weighted by Crippen LogP contribution is -2.53. The zero-order valence-electron chi connectivity index (χ0n) is 19.8. The van der Waals surface area contributed by atoms with E-state index in [0.29, 0.717) is 13.1 Å². The van der Waals surface area contributed by atoms with Crippen LogP contribution >= 0.6 is 0 Å². The van der Waals surface area contributed by atoms with Crippen molar-refractivity contribution in [1.82, 2.24) is 15.5 Å².